The molecular formula is C18H22N2O3. The van der Waals surface area contributed by atoms with Crippen molar-refractivity contribution in [2.45, 2.75) is 18.9 Å². The van der Waals surface area contributed by atoms with E-state index in [-0.39, 0.29) is 17.8 Å². The van der Waals surface area contributed by atoms with E-state index in [0.717, 1.165) is 43.3 Å². The molecule has 1 aliphatic heterocycles. The standard InChI is InChI=1S/C18H22N2O3/c21-17-11-14-5-2-1-4-13(14)10-16(17)18(22)20-7-3-6-15-12-19-8-9-23-15/h1-2,4-5,10-11,15,19,21H,3,6-9,12H2,(H,20,22). The Balaban J connectivity index is 1.54. The normalized spacial score (nSPS) is 18.0. The smallest absolute Gasteiger partial charge is 0.255 e. The topological polar surface area (TPSA) is 70.6 Å². The van der Waals surface area contributed by atoms with Crippen LogP contribution in [0.2, 0.25) is 0 Å². The molecule has 1 fully saturated rings. The molecule has 0 bridgehead atoms. The van der Waals surface area contributed by atoms with Gasteiger partial charge in [0, 0.05) is 19.6 Å². The minimum absolute atomic E-state index is 0.0148. The molecule has 2 aromatic carbocycles. The van der Waals surface area contributed by atoms with Crippen molar-refractivity contribution >= 4 is 16.7 Å². The number of ether oxygens (including phenoxy) is 1. The minimum Gasteiger partial charge on any atom is -0.507 e. The molecule has 2 aromatic rings. The van der Waals surface area contributed by atoms with Crippen molar-refractivity contribution in [2.24, 2.45) is 0 Å². The summed E-state index contributed by atoms with van der Waals surface area (Å²) < 4.78 is 5.62. The largest absolute Gasteiger partial charge is 0.507 e. The molecule has 1 unspecified atom stereocenters. The van der Waals surface area contributed by atoms with Crippen molar-refractivity contribution in [1.82, 2.24) is 10.6 Å². The van der Waals surface area contributed by atoms with Gasteiger partial charge in [-0.15, -0.1) is 0 Å². The van der Waals surface area contributed by atoms with Gasteiger partial charge in [-0.2, -0.15) is 0 Å². The Morgan fingerprint density at radius 1 is 1.30 bits per heavy atom. The van der Waals surface area contributed by atoms with E-state index in [9.17, 15) is 9.90 Å². The zero-order valence-electron chi connectivity index (χ0n) is 13.0. The van der Waals surface area contributed by atoms with Gasteiger partial charge in [-0.1, -0.05) is 24.3 Å². The van der Waals surface area contributed by atoms with Crippen LogP contribution >= 0.6 is 0 Å². The molecule has 3 N–H and O–H groups in total. The summed E-state index contributed by atoms with van der Waals surface area (Å²) in [5.41, 5.74) is 0.319. The number of fused-ring (bicyclic) bond motifs is 1. The Morgan fingerprint density at radius 3 is 2.83 bits per heavy atom. The lowest BCUT2D eigenvalue weighted by Crippen LogP contribution is -2.38. The second-order valence-corrected chi connectivity index (χ2v) is 5.81. The van der Waals surface area contributed by atoms with Crippen LogP contribution in [0.4, 0.5) is 0 Å². The van der Waals surface area contributed by atoms with Crippen LogP contribution in [-0.4, -0.2) is 43.4 Å². The molecule has 0 aromatic heterocycles. The van der Waals surface area contributed by atoms with Gasteiger partial charge in [0.2, 0.25) is 0 Å². The number of hydrogen-bond donors (Lipinski definition) is 3. The maximum atomic E-state index is 12.2. The minimum atomic E-state index is -0.240. The van der Waals surface area contributed by atoms with E-state index in [4.69, 9.17) is 4.74 Å². The molecule has 0 aliphatic carbocycles. The number of amides is 1. The molecule has 1 saturated heterocycles. The Kier molecular flexibility index (Phi) is 5.10. The van der Waals surface area contributed by atoms with E-state index < -0.39 is 0 Å². The molecular weight excluding hydrogens is 292 g/mol. The summed E-state index contributed by atoms with van der Waals surface area (Å²) >= 11 is 0. The van der Waals surface area contributed by atoms with E-state index in [0.29, 0.717) is 12.1 Å². The fourth-order valence-corrected chi connectivity index (χ4v) is 2.84. The van der Waals surface area contributed by atoms with Gasteiger partial charge in [-0.25, -0.2) is 0 Å². The first-order chi connectivity index (χ1) is 11.2. The van der Waals surface area contributed by atoms with Crippen LogP contribution in [0.25, 0.3) is 10.8 Å². The molecule has 5 heteroatoms. The fraction of sp³-hybridized carbons (Fsp3) is 0.389. The molecule has 0 saturated carbocycles. The van der Waals surface area contributed by atoms with Gasteiger partial charge in [-0.05, 0) is 35.7 Å². The van der Waals surface area contributed by atoms with Gasteiger partial charge in [0.05, 0.1) is 18.3 Å². The van der Waals surface area contributed by atoms with Crippen molar-refractivity contribution in [2.75, 3.05) is 26.2 Å². The van der Waals surface area contributed by atoms with Crippen LogP contribution in [0.5, 0.6) is 5.75 Å². The summed E-state index contributed by atoms with van der Waals surface area (Å²) in [6.07, 6.45) is 2.00. The maximum absolute atomic E-state index is 12.2. The Hall–Kier alpha value is -2.11. The maximum Gasteiger partial charge on any atom is 0.255 e. The molecule has 1 atom stereocenters. The van der Waals surface area contributed by atoms with Gasteiger partial charge in [-0.3, -0.25) is 4.79 Å². The molecule has 0 radical (unpaired) electrons. The van der Waals surface area contributed by atoms with Crippen LogP contribution in [0, 0.1) is 0 Å². The molecule has 1 heterocycles. The number of aromatic hydroxyl groups is 1. The summed E-state index contributed by atoms with van der Waals surface area (Å²) in [7, 11) is 0. The molecule has 122 valence electrons. The summed E-state index contributed by atoms with van der Waals surface area (Å²) in [4.78, 5) is 12.2. The fourth-order valence-electron chi connectivity index (χ4n) is 2.84. The Morgan fingerprint density at radius 2 is 2.09 bits per heavy atom. The molecule has 5 nitrogen and oxygen atoms in total. The number of rotatable bonds is 5. The molecule has 1 amide bonds. The first-order valence-electron chi connectivity index (χ1n) is 8.06. The zero-order chi connectivity index (χ0) is 16.1. The van der Waals surface area contributed by atoms with E-state index in [1.165, 1.54) is 0 Å². The number of carbonyl (C=O) groups is 1. The van der Waals surface area contributed by atoms with Crippen molar-refractivity contribution in [1.29, 1.82) is 0 Å². The van der Waals surface area contributed by atoms with Crippen molar-refractivity contribution in [3.05, 3.63) is 42.0 Å². The summed E-state index contributed by atoms with van der Waals surface area (Å²) in [6.45, 7) is 3.11. The average molecular weight is 314 g/mol. The first kappa shape index (κ1) is 15.8. The van der Waals surface area contributed by atoms with Gasteiger partial charge < -0.3 is 20.5 Å². The second-order valence-electron chi connectivity index (χ2n) is 5.81. The third-order valence-electron chi connectivity index (χ3n) is 4.10. The van der Waals surface area contributed by atoms with Gasteiger partial charge >= 0.3 is 0 Å². The SMILES string of the molecule is O=C(NCCCC1CNCCO1)c1cc2ccccc2cc1O. The van der Waals surface area contributed by atoms with Crippen molar-refractivity contribution < 1.29 is 14.6 Å². The van der Waals surface area contributed by atoms with Crippen LogP contribution in [0.15, 0.2) is 36.4 Å². The second kappa shape index (κ2) is 7.44. The van der Waals surface area contributed by atoms with Crippen LogP contribution < -0.4 is 10.6 Å². The first-order valence-corrected chi connectivity index (χ1v) is 8.06. The highest BCUT2D eigenvalue weighted by Crippen LogP contribution is 2.24. The number of phenols is 1. The Bertz CT molecular complexity index is 681. The highest BCUT2D eigenvalue weighted by molar-refractivity contribution is 6.01. The van der Waals surface area contributed by atoms with E-state index in [2.05, 4.69) is 10.6 Å². The zero-order valence-corrected chi connectivity index (χ0v) is 13.0. The predicted octanol–water partition coefficient (Wildman–Crippen LogP) is 2.04. The number of hydrogen-bond acceptors (Lipinski definition) is 4. The lowest BCUT2D eigenvalue weighted by atomic mass is 10.1. The highest BCUT2D eigenvalue weighted by Gasteiger charge is 2.14. The molecule has 23 heavy (non-hydrogen) atoms. The third-order valence-corrected chi connectivity index (χ3v) is 4.10. The Labute approximate surface area is 135 Å². The monoisotopic (exact) mass is 314 g/mol. The quantitative estimate of drug-likeness (QED) is 0.739. The molecule has 0 spiro atoms. The summed E-state index contributed by atoms with van der Waals surface area (Å²) in [5, 5.41) is 18.1. The van der Waals surface area contributed by atoms with Gasteiger partial charge in [0.1, 0.15) is 5.75 Å². The van der Waals surface area contributed by atoms with Crippen LogP contribution in [-0.2, 0) is 4.74 Å². The summed E-state index contributed by atoms with van der Waals surface area (Å²) in [6, 6.07) is 11.0. The number of morpholine rings is 1. The summed E-state index contributed by atoms with van der Waals surface area (Å²) in [5.74, 6) is -0.225. The van der Waals surface area contributed by atoms with Crippen LogP contribution in [0.3, 0.4) is 0 Å². The van der Waals surface area contributed by atoms with Gasteiger partial charge in [0.25, 0.3) is 5.91 Å². The van der Waals surface area contributed by atoms with E-state index >= 15 is 0 Å². The highest BCUT2D eigenvalue weighted by atomic mass is 16.5. The third kappa shape index (κ3) is 4.00. The number of phenolic OH excluding ortho intramolecular Hbond substituents is 1. The average Bonchev–Trinajstić information content (AvgIpc) is 2.59. The molecule has 1 aliphatic rings. The van der Waals surface area contributed by atoms with E-state index in [1.54, 1.807) is 12.1 Å². The lowest BCUT2D eigenvalue weighted by molar-refractivity contribution is 0.0225. The number of carbonyl (C=O) groups excluding carboxylic acids is 1. The molecule has 3 rings (SSSR count). The van der Waals surface area contributed by atoms with Gasteiger partial charge in [0.15, 0.2) is 0 Å². The number of nitrogens with one attached hydrogen (secondary N) is 2. The van der Waals surface area contributed by atoms with Crippen molar-refractivity contribution in [3.63, 3.8) is 0 Å². The van der Waals surface area contributed by atoms with Crippen molar-refractivity contribution in [3.8, 4) is 5.75 Å². The predicted molar refractivity (Wildman–Crippen MR) is 89.8 cm³/mol. The van der Waals surface area contributed by atoms with Crippen LogP contribution in [0.1, 0.15) is 23.2 Å². The number of benzene rings is 2. The van der Waals surface area contributed by atoms with E-state index in [1.807, 2.05) is 24.3 Å². The lowest BCUT2D eigenvalue weighted by Gasteiger charge is -2.23.